The third kappa shape index (κ3) is 2.81. The summed E-state index contributed by atoms with van der Waals surface area (Å²) in [7, 11) is 0. The first-order valence-corrected chi connectivity index (χ1v) is 8.66. The smallest absolute Gasteiger partial charge is 0.281 e. The van der Waals surface area contributed by atoms with Crippen LogP contribution in [0.25, 0.3) is 5.69 Å². The number of H-pyrrole nitrogens is 1. The molecule has 0 saturated heterocycles. The van der Waals surface area contributed by atoms with Crippen molar-refractivity contribution in [3.8, 4) is 5.69 Å². The van der Waals surface area contributed by atoms with E-state index < -0.39 is 0 Å². The number of rotatable bonds is 4. The van der Waals surface area contributed by atoms with E-state index in [2.05, 4.69) is 25.8 Å². The van der Waals surface area contributed by atoms with Gasteiger partial charge in [0.2, 0.25) is 0 Å². The number of hydrogen-bond acceptors (Lipinski definition) is 4. The van der Waals surface area contributed by atoms with Crippen LogP contribution in [0, 0.1) is 13.8 Å². The lowest BCUT2D eigenvalue weighted by Crippen LogP contribution is -2.19. The Morgan fingerprint density at radius 2 is 2.08 bits per heavy atom. The van der Waals surface area contributed by atoms with Gasteiger partial charge in [0, 0.05) is 16.8 Å². The van der Waals surface area contributed by atoms with E-state index in [1.165, 1.54) is 0 Å². The molecule has 1 amide bonds. The third-order valence-electron chi connectivity index (χ3n) is 4.73. The van der Waals surface area contributed by atoms with E-state index in [9.17, 15) is 4.79 Å². The predicted molar refractivity (Wildman–Crippen MR) is 98.7 cm³/mol. The van der Waals surface area contributed by atoms with Gasteiger partial charge in [-0.3, -0.25) is 9.89 Å². The Hall–Kier alpha value is -3.22. The molecular formula is C19H20N6O. The van der Waals surface area contributed by atoms with Gasteiger partial charge in [-0.25, -0.2) is 10.1 Å². The van der Waals surface area contributed by atoms with Crippen LogP contribution >= 0.6 is 0 Å². The van der Waals surface area contributed by atoms with Gasteiger partial charge in [-0.2, -0.15) is 15.3 Å². The van der Waals surface area contributed by atoms with Gasteiger partial charge in [-0.15, -0.1) is 0 Å². The molecule has 0 atom stereocenters. The normalized spacial score (nSPS) is 13.3. The monoisotopic (exact) mass is 348 g/mol. The molecule has 0 bridgehead atoms. The fourth-order valence-electron chi connectivity index (χ4n) is 3.38. The molecule has 0 aliphatic heterocycles. The molecule has 1 aliphatic carbocycles. The molecule has 1 aliphatic rings. The Balaban J connectivity index is 1.52. The number of benzene rings is 1. The number of hydrogen-bond donors (Lipinski definition) is 2. The second-order valence-electron chi connectivity index (χ2n) is 6.41. The van der Waals surface area contributed by atoms with Crippen molar-refractivity contribution in [1.82, 2.24) is 25.4 Å². The summed E-state index contributed by atoms with van der Waals surface area (Å²) in [5.74, 6) is -0.286. The molecule has 0 saturated carbocycles. The summed E-state index contributed by atoms with van der Waals surface area (Å²) >= 11 is 0. The molecule has 7 nitrogen and oxygen atoms in total. The Morgan fingerprint density at radius 3 is 2.88 bits per heavy atom. The molecule has 4 rings (SSSR count). The van der Waals surface area contributed by atoms with Crippen molar-refractivity contribution in [2.45, 2.75) is 33.1 Å². The zero-order chi connectivity index (χ0) is 18.1. The van der Waals surface area contributed by atoms with Gasteiger partial charge in [-0.1, -0.05) is 18.2 Å². The van der Waals surface area contributed by atoms with E-state index in [-0.39, 0.29) is 5.91 Å². The summed E-state index contributed by atoms with van der Waals surface area (Å²) in [6.07, 6.45) is 4.54. The van der Waals surface area contributed by atoms with Crippen LogP contribution in [0.4, 0.5) is 0 Å². The van der Waals surface area contributed by atoms with Crippen molar-refractivity contribution < 1.29 is 4.79 Å². The number of aryl methyl sites for hydroxylation is 2. The molecule has 3 aromatic rings. The Morgan fingerprint density at radius 1 is 1.27 bits per heavy atom. The number of hydrazone groups is 1. The van der Waals surface area contributed by atoms with E-state index >= 15 is 0 Å². The van der Waals surface area contributed by atoms with Gasteiger partial charge in [0.1, 0.15) is 0 Å². The highest BCUT2D eigenvalue weighted by atomic mass is 16.2. The number of aromatic nitrogens is 4. The van der Waals surface area contributed by atoms with Crippen LogP contribution < -0.4 is 5.43 Å². The largest absolute Gasteiger partial charge is 0.292 e. The van der Waals surface area contributed by atoms with Crippen molar-refractivity contribution in [2.24, 2.45) is 5.10 Å². The molecule has 2 N–H and O–H groups in total. The Kier molecular flexibility index (Phi) is 4.12. The molecule has 26 heavy (non-hydrogen) atoms. The van der Waals surface area contributed by atoms with Gasteiger partial charge in [-0.05, 0) is 45.2 Å². The maximum atomic E-state index is 12.3. The molecule has 1 aromatic carbocycles. The minimum absolute atomic E-state index is 0.286. The number of carbonyl (C=O) groups excluding carboxylic acids is 1. The van der Waals surface area contributed by atoms with Crippen molar-refractivity contribution in [3.63, 3.8) is 0 Å². The molecule has 0 radical (unpaired) electrons. The first-order valence-electron chi connectivity index (χ1n) is 8.66. The lowest BCUT2D eigenvalue weighted by molar-refractivity contribution is 0.0949. The number of nitrogens with one attached hydrogen (secondary N) is 2. The number of aromatic amines is 1. The summed E-state index contributed by atoms with van der Waals surface area (Å²) < 4.78 is 1.87. The first kappa shape index (κ1) is 16.3. The molecule has 0 unspecified atom stereocenters. The number of fused-ring (bicyclic) bond motifs is 1. The minimum atomic E-state index is -0.286. The van der Waals surface area contributed by atoms with Gasteiger partial charge < -0.3 is 0 Å². The predicted octanol–water partition coefficient (Wildman–Crippen LogP) is 2.46. The minimum Gasteiger partial charge on any atom is -0.281 e. The van der Waals surface area contributed by atoms with Crippen LogP contribution in [-0.2, 0) is 12.8 Å². The zero-order valence-electron chi connectivity index (χ0n) is 14.8. The van der Waals surface area contributed by atoms with Crippen LogP contribution in [0.3, 0.4) is 0 Å². The summed E-state index contributed by atoms with van der Waals surface area (Å²) in [4.78, 5) is 12.3. The van der Waals surface area contributed by atoms with Crippen molar-refractivity contribution in [3.05, 3.63) is 64.2 Å². The van der Waals surface area contributed by atoms with Gasteiger partial charge >= 0.3 is 0 Å². The lowest BCUT2D eigenvalue weighted by atomic mass is 10.2. The molecular weight excluding hydrogens is 328 g/mol. The lowest BCUT2D eigenvalue weighted by Gasteiger charge is -2.03. The maximum Gasteiger partial charge on any atom is 0.292 e. The quantitative estimate of drug-likeness (QED) is 0.561. The molecule has 2 heterocycles. The topological polar surface area (TPSA) is 88.0 Å². The average Bonchev–Trinajstić information content (AvgIpc) is 3.32. The molecule has 2 aromatic heterocycles. The second kappa shape index (κ2) is 6.59. The summed E-state index contributed by atoms with van der Waals surface area (Å²) in [5.41, 5.74) is 8.80. The Labute approximate surface area is 151 Å². The van der Waals surface area contributed by atoms with Crippen LogP contribution in [0.15, 0.2) is 35.4 Å². The van der Waals surface area contributed by atoms with E-state index in [4.69, 9.17) is 0 Å². The van der Waals surface area contributed by atoms with Crippen LogP contribution in [-0.4, -0.2) is 32.1 Å². The fourth-order valence-corrected chi connectivity index (χ4v) is 3.38. The van der Waals surface area contributed by atoms with Crippen LogP contribution in [0.5, 0.6) is 0 Å². The van der Waals surface area contributed by atoms with Crippen molar-refractivity contribution in [2.75, 3.05) is 0 Å². The van der Waals surface area contributed by atoms with Crippen molar-refractivity contribution >= 4 is 12.1 Å². The average molecular weight is 348 g/mol. The second-order valence-corrected chi connectivity index (χ2v) is 6.41. The first-order chi connectivity index (χ1) is 12.6. The highest BCUT2D eigenvalue weighted by molar-refractivity contribution is 5.95. The highest BCUT2D eigenvalue weighted by Gasteiger charge is 2.22. The van der Waals surface area contributed by atoms with E-state index in [0.29, 0.717) is 5.69 Å². The molecule has 0 spiro atoms. The van der Waals surface area contributed by atoms with Crippen molar-refractivity contribution in [1.29, 1.82) is 0 Å². The van der Waals surface area contributed by atoms with Gasteiger partial charge in [0.05, 0.1) is 23.3 Å². The number of para-hydroxylation sites is 1. The standard InChI is InChI=1S/C19H20N6O/c1-12-16(13(2)25(24-12)14-7-4-3-5-8-14)11-20-23-19(26)18-15-9-6-10-17(15)21-22-18/h3-5,7-8,11H,6,9-10H2,1-2H3,(H,21,22)(H,23,26)/b20-11+. The zero-order valence-corrected chi connectivity index (χ0v) is 14.8. The Bertz CT molecular complexity index is 983. The summed E-state index contributed by atoms with van der Waals surface area (Å²) in [5, 5.41) is 15.7. The molecule has 0 fully saturated rings. The fraction of sp³-hybridized carbons (Fsp3) is 0.263. The van der Waals surface area contributed by atoms with E-state index in [1.807, 2.05) is 48.9 Å². The number of amides is 1. The maximum absolute atomic E-state index is 12.3. The van der Waals surface area contributed by atoms with Crippen LogP contribution in [0.2, 0.25) is 0 Å². The van der Waals surface area contributed by atoms with E-state index in [1.54, 1.807) is 6.21 Å². The summed E-state index contributed by atoms with van der Waals surface area (Å²) in [6.45, 7) is 3.91. The van der Waals surface area contributed by atoms with E-state index in [0.717, 1.165) is 53.2 Å². The van der Waals surface area contributed by atoms with Gasteiger partial charge in [0.25, 0.3) is 5.91 Å². The van der Waals surface area contributed by atoms with Gasteiger partial charge in [0.15, 0.2) is 5.69 Å². The third-order valence-corrected chi connectivity index (χ3v) is 4.73. The number of carbonyl (C=O) groups is 1. The molecule has 7 heteroatoms. The number of nitrogens with zero attached hydrogens (tertiary/aromatic N) is 4. The summed E-state index contributed by atoms with van der Waals surface area (Å²) in [6, 6.07) is 9.92. The SMILES string of the molecule is Cc1nn(-c2ccccc2)c(C)c1/C=N/NC(=O)c1n[nH]c2c1CCC2. The molecule has 132 valence electrons. The highest BCUT2D eigenvalue weighted by Crippen LogP contribution is 2.22. The van der Waals surface area contributed by atoms with Crippen LogP contribution in [0.1, 0.15) is 45.1 Å².